The molecule has 398 valence electrons. The number of halogens is 7. The van der Waals surface area contributed by atoms with E-state index in [1.54, 1.807) is 50.3 Å². The van der Waals surface area contributed by atoms with E-state index in [0.717, 1.165) is 0 Å². The molecule has 0 aliphatic rings. The molecule has 6 rings (SSSR count). The lowest BCUT2D eigenvalue weighted by Gasteiger charge is -2.14. The molecule has 6 aromatic rings. The van der Waals surface area contributed by atoms with Crippen LogP contribution in [0, 0.1) is 0 Å². The third kappa shape index (κ3) is 18.7. The molecule has 0 saturated carbocycles. The summed E-state index contributed by atoms with van der Waals surface area (Å²) in [6, 6.07) is 22.0. The molecule has 0 bridgehead atoms. The van der Waals surface area contributed by atoms with Crippen molar-refractivity contribution < 1.29 is 68.4 Å². The van der Waals surface area contributed by atoms with Crippen LogP contribution in [0.1, 0.15) is 13.8 Å². The Bertz CT molecular complexity index is 3010. The van der Waals surface area contributed by atoms with Gasteiger partial charge in [0.05, 0.1) is 70.9 Å². The van der Waals surface area contributed by atoms with E-state index in [2.05, 4.69) is 50.5 Å². The molecule has 74 heavy (non-hydrogen) atoms. The Kier molecular flexibility index (Phi) is 24.1. The SMILES string of the molecule is CCOP(=O)(C/C=C/Cn1nc(-c2ccc(OC)c(OC(F)F)c2)ccc1=O)OCC.COc1ccc(-c2ccc(=O)[nH]n2)cc1OC(F)F.COc1ccc(-c2ccc(=O)n(C/C=C/CBr)n2)cc1OC(F)F. The van der Waals surface area contributed by atoms with Gasteiger partial charge in [0.2, 0.25) is 0 Å². The van der Waals surface area contributed by atoms with Crippen LogP contribution in [0.2, 0.25) is 0 Å². The molecule has 18 nitrogen and oxygen atoms in total. The Morgan fingerprint density at radius 2 is 0.946 bits per heavy atom. The average Bonchev–Trinajstić information content (AvgIpc) is 3.36. The van der Waals surface area contributed by atoms with E-state index in [1.807, 2.05) is 6.08 Å². The first-order chi connectivity index (χ1) is 35.5. The second kappa shape index (κ2) is 30.1. The van der Waals surface area contributed by atoms with Crippen molar-refractivity contribution in [2.45, 2.75) is 46.8 Å². The Balaban J connectivity index is 0.000000248. The summed E-state index contributed by atoms with van der Waals surface area (Å²) in [6.07, 6.45) is 6.95. The number of nitrogens with zero attached hydrogens (tertiary/aromatic N) is 5. The highest BCUT2D eigenvalue weighted by molar-refractivity contribution is 9.09. The molecule has 3 heterocycles. The van der Waals surface area contributed by atoms with Gasteiger partial charge in [0.15, 0.2) is 34.5 Å². The van der Waals surface area contributed by atoms with E-state index < -0.39 is 27.4 Å². The minimum Gasteiger partial charge on any atom is -0.493 e. The predicted octanol–water partition coefficient (Wildman–Crippen LogP) is 9.86. The number of benzene rings is 3. The Morgan fingerprint density at radius 1 is 0.554 bits per heavy atom. The Labute approximate surface area is 427 Å². The third-order valence-electron chi connectivity index (χ3n) is 9.40. The topological polar surface area (TPSA) is 206 Å². The summed E-state index contributed by atoms with van der Waals surface area (Å²) >= 11 is 3.25. The number of H-pyrrole nitrogens is 1. The average molecular weight is 1130 g/mol. The van der Waals surface area contributed by atoms with E-state index >= 15 is 0 Å². The molecule has 26 heteroatoms. The van der Waals surface area contributed by atoms with E-state index in [1.165, 1.54) is 103 Å². The minimum absolute atomic E-state index is 0.0654. The first-order valence-corrected chi connectivity index (χ1v) is 24.7. The highest BCUT2D eigenvalue weighted by Gasteiger charge is 2.21. The quantitative estimate of drug-likeness (QED) is 0.0274. The molecular weight excluding hydrogens is 1080 g/mol. The molecule has 0 aliphatic heterocycles. The normalized spacial score (nSPS) is 11.3. The van der Waals surface area contributed by atoms with Crippen molar-refractivity contribution in [2.75, 3.05) is 46.0 Å². The number of hydrogen-bond donors (Lipinski definition) is 1. The molecular formula is C48H50BrF6N6O12P. The summed E-state index contributed by atoms with van der Waals surface area (Å²) in [4.78, 5) is 34.9. The van der Waals surface area contributed by atoms with Crippen molar-refractivity contribution in [1.29, 1.82) is 0 Å². The van der Waals surface area contributed by atoms with Gasteiger partial charge in [0.1, 0.15) is 0 Å². The number of hydrogen-bond acceptors (Lipinski definition) is 15. The van der Waals surface area contributed by atoms with Crippen LogP contribution < -0.4 is 45.1 Å². The van der Waals surface area contributed by atoms with Gasteiger partial charge in [0.25, 0.3) is 16.7 Å². The van der Waals surface area contributed by atoms with Gasteiger partial charge >= 0.3 is 27.4 Å². The standard InChI is InChI=1S/C20H25F2N2O6P.C16H15BrF2N2O3.C12H10F2N2O3/c1-4-28-31(26,29-5-2)13-7-6-12-24-19(25)11-9-16(23-24)15-8-10-17(27-3)18(14-15)30-20(21)22;1-23-13-6-4-11(10-14(13)24-16(18)19)12-5-7-15(22)21(20-12)9-3-2-8-17;1-18-9-4-2-7(6-10(9)19-12(13)14)8-3-5-11(17)16-15-8/h6-11,14,20H,4-5,12-13H2,1-3H3;2-7,10,16H,8-9H2,1H3;2-6,12H,1H3,(H,16,17)/b7-6+;3-2+;. The summed E-state index contributed by atoms with van der Waals surface area (Å²) in [5.41, 5.74) is 1.83. The molecule has 0 saturated heterocycles. The molecule has 0 fully saturated rings. The maximum Gasteiger partial charge on any atom is 0.387 e. The zero-order valence-corrected chi connectivity index (χ0v) is 42.7. The van der Waals surface area contributed by atoms with E-state index in [9.17, 15) is 45.3 Å². The number of ether oxygens (including phenoxy) is 6. The van der Waals surface area contributed by atoms with Gasteiger partial charge in [-0.3, -0.25) is 18.9 Å². The van der Waals surface area contributed by atoms with Crippen LogP contribution in [0.5, 0.6) is 34.5 Å². The van der Waals surface area contributed by atoms with Crippen LogP contribution in [0.3, 0.4) is 0 Å². The lowest BCUT2D eigenvalue weighted by molar-refractivity contribution is -0.0518. The number of nitrogens with one attached hydrogen (secondary N) is 1. The Morgan fingerprint density at radius 3 is 1.30 bits per heavy atom. The largest absolute Gasteiger partial charge is 0.493 e. The monoisotopic (exact) mass is 1130 g/mol. The van der Waals surface area contributed by atoms with Crippen molar-refractivity contribution >= 4 is 23.5 Å². The van der Waals surface area contributed by atoms with Crippen molar-refractivity contribution in [3.63, 3.8) is 0 Å². The molecule has 0 radical (unpaired) electrons. The lowest BCUT2D eigenvalue weighted by Crippen LogP contribution is -2.21. The molecule has 0 aliphatic carbocycles. The summed E-state index contributed by atoms with van der Waals surface area (Å²) in [5.74, 6) is 0.193. The number of rotatable bonds is 23. The zero-order chi connectivity index (χ0) is 54.2. The summed E-state index contributed by atoms with van der Waals surface area (Å²) < 4.78 is 128. The van der Waals surface area contributed by atoms with Crippen molar-refractivity contribution in [1.82, 2.24) is 29.8 Å². The third-order valence-corrected chi connectivity index (χ3v) is 11.7. The van der Waals surface area contributed by atoms with Crippen LogP contribution in [0.15, 0.2) is 130 Å². The fourth-order valence-electron chi connectivity index (χ4n) is 6.20. The van der Waals surface area contributed by atoms with Crippen molar-refractivity contribution in [2.24, 2.45) is 0 Å². The first-order valence-electron chi connectivity index (χ1n) is 21.8. The number of alkyl halides is 7. The lowest BCUT2D eigenvalue weighted by atomic mass is 10.1. The van der Waals surface area contributed by atoms with Gasteiger partial charge in [-0.25, -0.2) is 14.5 Å². The zero-order valence-electron chi connectivity index (χ0n) is 40.2. The minimum atomic E-state index is -3.22. The molecule has 3 aromatic carbocycles. The van der Waals surface area contributed by atoms with E-state index in [4.69, 9.17) is 23.3 Å². The van der Waals surface area contributed by atoms with Gasteiger partial charge in [0, 0.05) is 40.2 Å². The second-order valence-corrected chi connectivity index (χ2v) is 17.0. The molecule has 0 unspecified atom stereocenters. The number of aromatic amines is 1. The fourth-order valence-corrected chi connectivity index (χ4v) is 7.94. The highest BCUT2D eigenvalue weighted by atomic mass is 79.9. The van der Waals surface area contributed by atoms with Crippen LogP contribution in [0.25, 0.3) is 33.8 Å². The van der Waals surface area contributed by atoms with Gasteiger partial charge in [-0.2, -0.15) is 41.6 Å². The molecule has 3 aromatic heterocycles. The van der Waals surface area contributed by atoms with E-state index in [-0.39, 0.29) is 77.1 Å². The number of allylic oxidation sites excluding steroid dienone is 4. The summed E-state index contributed by atoms with van der Waals surface area (Å²) in [7, 11) is 0.841. The smallest absolute Gasteiger partial charge is 0.387 e. The molecule has 0 spiro atoms. The van der Waals surface area contributed by atoms with Crippen LogP contribution >= 0.6 is 23.5 Å². The van der Waals surface area contributed by atoms with Gasteiger partial charge in [-0.15, -0.1) is 0 Å². The highest BCUT2D eigenvalue weighted by Crippen LogP contribution is 2.48. The number of aromatic nitrogens is 6. The van der Waals surface area contributed by atoms with Crippen LogP contribution in [-0.4, -0.2) is 95.6 Å². The predicted molar refractivity (Wildman–Crippen MR) is 266 cm³/mol. The molecule has 0 atom stereocenters. The van der Waals surface area contributed by atoms with Crippen molar-refractivity contribution in [3.8, 4) is 68.3 Å². The molecule has 1 N–H and O–H groups in total. The summed E-state index contributed by atoms with van der Waals surface area (Å²) in [6.45, 7) is -4.54. The van der Waals surface area contributed by atoms with Gasteiger partial charge in [-0.1, -0.05) is 40.2 Å². The maximum atomic E-state index is 12.7. The van der Waals surface area contributed by atoms with E-state index in [0.29, 0.717) is 45.6 Å². The van der Waals surface area contributed by atoms with Gasteiger partial charge < -0.3 is 37.5 Å². The molecule has 0 amide bonds. The van der Waals surface area contributed by atoms with Crippen LogP contribution in [0.4, 0.5) is 26.3 Å². The first kappa shape index (κ1) is 59.4. The van der Waals surface area contributed by atoms with Gasteiger partial charge in [-0.05, 0) is 86.6 Å². The van der Waals surface area contributed by atoms with Crippen LogP contribution in [-0.2, 0) is 26.7 Å². The maximum absolute atomic E-state index is 12.7. The second-order valence-electron chi connectivity index (χ2n) is 14.2. The summed E-state index contributed by atoms with van der Waals surface area (Å²) in [5, 5.41) is 15.2. The fraction of sp³-hybridized carbons (Fsp3) is 0.292. The Hall–Kier alpha value is -7.21. The van der Waals surface area contributed by atoms with Crippen molar-refractivity contribution in [3.05, 3.63) is 146 Å². The number of methoxy groups -OCH3 is 3.